The molecule has 0 aliphatic rings. The number of nitrogens with one attached hydrogen (secondary N) is 1. The van der Waals surface area contributed by atoms with Gasteiger partial charge in [0.15, 0.2) is 16.3 Å². The van der Waals surface area contributed by atoms with Gasteiger partial charge < -0.3 is 14.6 Å². The fourth-order valence-corrected chi connectivity index (χ4v) is 3.99. The van der Waals surface area contributed by atoms with Crippen molar-refractivity contribution < 1.29 is 9.53 Å². The molecular weight excluding hydrogens is 418 g/mol. The quantitative estimate of drug-likeness (QED) is 0.590. The number of nitrogens with zero attached hydrogens (tertiary/aromatic N) is 4. The van der Waals surface area contributed by atoms with E-state index in [1.54, 1.807) is 36.9 Å². The maximum Gasteiger partial charge on any atom is 0.332 e. The molecular formula is C18H20ClN5O4S. The topological polar surface area (TPSA) is 100 Å². The van der Waals surface area contributed by atoms with E-state index in [4.69, 9.17) is 16.3 Å². The summed E-state index contributed by atoms with van der Waals surface area (Å²) in [6, 6.07) is 4.97. The molecule has 0 saturated heterocycles. The molecule has 9 nitrogen and oxygen atoms in total. The highest BCUT2D eigenvalue weighted by molar-refractivity contribution is 7.99. The van der Waals surface area contributed by atoms with Crippen LogP contribution < -0.4 is 21.3 Å². The summed E-state index contributed by atoms with van der Waals surface area (Å²) < 4.78 is 9.30. The van der Waals surface area contributed by atoms with Crippen LogP contribution >= 0.6 is 23.4 Å². The van der Waals surface area contributed by atoms with E-state index in [1.807, 2.05) is 0 Å². The fraction of sp³-hybridized carbons (Fsp3) is 0.333. The molecule has 1 aromatic carbocycles. The number of aryl methyl sites for hydroxylation is 2. The molecule has 154 valence electrons. The SMILES string of the molecule is COc1ccc(Cl)cc1NC(=O)CCSc1nc2c(=O)n(C)c(=O)n(C)c2n1C. The minimum atomic E-state index is -0.448. The monoisotopic (exact) mass is 437 g/mol. The van der Waals surface area contributed by atoms with Crippen LogP contribution in [0.15, 0.2) is 32.9 Å². The maximum absolute atomic E-state index is 12.3. The van der Waals surface area contributed by atoms with Gasteiger partial charge in [0.25, 0.3) is 5.56 Å². The highest BCUT2D eigenvalue weighted by Gasteiger charge is 2.17. The van der Waals surface area contributed by atoms with E-state index in [0.717, 1.165) is 4.57 Å². The van der Waals surface area contributed by atoms with Crippen LogP contribution in [0.1, 0.15) is 6.42 Å². The predicted molar refractivity (Wildman–Crippen MR) is 113 cm³/mol. The summed E-state index contributed by atoms with van der Waals surface area (Å²) in [4.78, 5) is 41.1. The van der Waals surface area contributed by atoms with Gasteiger partial charge in [-0.3, -0.25) is 18.7 Å². The van der Waals surface area contributed by atoms with Crippen LogP contribution in [-0.2, 0) is 25.9 Å². The standard InChI is InChI=1S/C18H20ClN5O4S/c1-22-15-14(16(26)24(3)18(27)23(15)2)21-17(22)29-8-7-13(25)20-11-9-10(19)5-6-12(11)28-4/h5-6,9H,7-8H2,1-4H3,(H,20,25). The lowest BCUT2D eigenvalue weighted by Crippen LogP contribution is -2.37. The van der Waals surface area contributed by atoms with E-state index in [0.29, 0.717) is 33.0 Å². The molecule has 0 unspecified atom stereocenters. The van der Waals surface area contributed by atoms with Crippen molar-refractivity contribution in [1.29, 1.82) is 0 Å². The summed E-state index contributed by atoms with van der Waals surface area (Å²) >= 11 is 7.30. The van der Waals surface area contributed by atoms with Gasteiger partial charge in [-0.05, 0) is 18.2 Å². The highest BCUT2D eigenvalue weighted by atomic mass is 35.5. The molecule has 3 rings (SSSR count). The van der Waals surface area contributed by atoms with Crippen LogP contribution in [0.3, 0.4) is 0 Å². The van der Waals surface area contributed by atoms with Gasteiger partial charge in [-0.1, -0.05) is 23.4 Å². The summed E-state index contributed by atoms with van der Waals surface area (Å²) in [6.07, 6.45) is 0.209. The Bertz CT molecular complexity index is 1210. The van der Waals surface area contributed by atoms with Crippen molar-refractivity contribution in [1.82, 2.24) is 18.7 Å². The first kappa shape index (κ1) is 21.0. The number of carbonyl (C=O) groups excluding carboxylic acids is 1. The zero-order chi connectivity index (χ0) is 21.3. The molecule has 11 heteroatoms. The maximum atomic E-state index is 12.3. The van der Waals surface area contributed by atoms with Crippen molar-refractivity contribution >= 4 is 46.1 Å². The zero-order valence-corrected chi connectivity index (χ0v) is 17.9. The van der Waals surface area contributed by atoms with Crippen molar-refractivity contribution in [3.63, 3.8) is 0 Å². The molecule has 0 spiro atoms. The molecule has 3 aromatic rings. The summed E-state index contributed by atoms with van der Waals surface area (Å²) in [7, 11) is 6.25. The number of hydrogen-bond acceptors (Lipinski definition) is 6. The number of rotatable bonds is 6. The summed E-state index contributed by atoms with van der Waals surface area (Å²) in [5, 5.41) is 3.81. The first-order chi connectivity index (χ1) is 13.7. The van der Waals surface area contributed by atoms with Crippen molar-refractivity contribution in [2.24, 2.45) is 21.1 Å². The van der Waals surface area contributed by atoms with Crippen molar-refractivity contribution in [2.75, 3.05) is 18.2 Å². The average molecular weight is 438 g/mol. The molecule has 0 bridgehead atoms. The van der Waals surface area contributed by atoms with E-state index >= 15 is 0 Å². The van der Waals surface area contributed by atoms with Gasteiger partial charge in [0.1, 0.15) is 5.75 Å². The minimum absolute atomic E-state index is 0.208. The Hall–Kier alpha value is -2.72. The Kier molecular flexibility index (Phi) is 6.04. The van der Waals surface area contributed by atoms with Gasteiger partial charge in [0.05, 0.1) is 12.8 Å². The van der Waals surface area contributed by atoms with Crippen molar-refractivity contribution in [3.05, 3.63) is 44.1 Å². The summed E-state index contributed by atoms with van der Waals surface area (Å²) in [6.45, 7) is 0. The molecule has 2 aromatic heterocycles. The third kappa shape index (κ3) is 4.03. The molecule has 2 heterocycles. The van der Waals surface area contributed by atoms with E-state index in [1.165, 1.54) is 30.5 Å². The number of anilines is 1. The van der Waals surface area contributed by atoms with Crippen LogP contribution in [0.2, 0.25) is 5.02 Å². The number of methoxy groups -OCH3 is 1. The Labute approximate surface area is 175 Å². The molecule has 0 saturated carbocycles. The number of aromatic nitrogens is 4. The highest BCUT2D eigenvalue weighted by Crippen LogP contribution is 2.28. The van der Waals surface area contributed by atoms with Crippen LogP contribution in [0.4, 0.5) is 5.69 Å². The van der Waals surface area contributed by atoms with Crippen LogP contribution in [0.25, 0.3) is 11.2 Å². The predicted octanol–water partition coefficient (Wildman–Crippen LogP) is 1.75. The molecule has 1 amide bonds. The van der Waals surface area contributed by atoms with E-state index in [-0.39, 0.29) is 17.8 Å². The van der Waals surface area contributed by atoms with Gasteiger partial charge in [0, 0.05) is 38.3 Å². The number of benzene rings is 1. The summed E-state index contributed by atoms with van der Waals surface area (Å²) in [5.41, 5.74) is 0.283. The van der Waals surface area contributed by atoms with Gasteiger partial charge in [-0.2, -0.15) is 0 Å². The third-order valence-electron chi connectivity index (χ3n) is 4.42. The van der Waals surface area contributed by atoms with Gasteiger partial charge >= 0.3 is 5.69 Å². The number of hydrogen-bond donors (Lipinski definition) is 1. The number of imidazole rings is 1. The van der Waals surface area contributed by atoms with Gasteiger partial charge in [0.2, 0.25) is 5.91 Å². The Balaban J connectivity index is 1.73. The van der Waals surface area contributed by atoms with Gasteiger partial charge in [-0.25, -0.2) is 9.78 Å². The normalized spacial score (nSPS) is 11.1. The second-order valence-corrected chi connectivity index (χ2v) is 7.82. The van der Waals surface area contributed by atoms with Crippen LogP contribution in [-0.4, -0.2) is 37.5 Å². The first-order valence-electron chi connectivity index (χ1n) is 8.63. The van der Waals surface area contributed by atoms with Crippen LogP contribution in [0.5, 0.6) is 5.75 Å². The minimum Gasteiger partial charge on any atom is -0.495 e. The zero-order valence-electron chi connectivity index (χ0n) is 16.4. The lowest BCUT2D eigenvalue weighted by molar-refractivity contribution is -0.115. The van der Waals surface area contributed by atoms with Gasteiger partial charge in [-0.15, -0.1) is 0 Å². The Morgan fingerprint density at radius 3 is 2.62 bits per heavy atom. The average Bonchev–Trinajstić information content (AvgIpc) is 3.01. The van der Waals surface area contributed by atoms with E-state index < -0.39 is 11.2 Å². The molecule has 1 N–H and O–H groups in total. The van der Waals surface area contributed by atoms with E-state index in [9.17, 15) is 14.4 Å². The molecule has 0 aliphatic heterocycles. The number of thioether (sulfide) groups is 1. The first-order valence-corrected chi connectivity index (χ1v) is 9.99. The molecule has 0 fully saturated rings. The molecule has 0 radical (unpaired) electrons. The van der Waals surface area contributed by atoms with Crippen molar-refractivity contribution in [2.45, 2.75) is 11.6 Å². The fourth-order valence-electron chi connectivity index (χ4n) is 2.91. The molecule has 0 atom stereocenters. The number of ether oxygens (including phenoxy) is 1. The second-order valence-electron chi connectivity index (χ2n) is 6.32. The number of halogens is 1. The third-order valence-corrected chi connectivity index (χ3v) is 5.69. The number of carbonyl (C=O) groups is 1. The lowest BCUT2D eigenvalue weighted by Gasteiger charge is -2.10. The molecule has 29 heavy (non-hydrogen) atoms. The number of fused-ring (bicyclic) bond motifs is 1. The van der Waals surface area contributed by atoms with Crippen LogP contribution in [0, 0.1) is 0 Å². The Morgan fingerprint density at radius 1 is 1.21 bits per heavy atom. The number of amides is 1. The molecule has 0 aliphatic carbocycles. The lowest BCUT2D eigenvalue weighted by atomic mass is 10.3. The largest absolute Gasteiger partial charge is 0.495 e. The summed E-state index contributed by atoms with van der Waals surface area (Å²) in [5.74, 6) is 0.739. The second kappa shape index (κ2) is 8.34. The Morgan fingerprint density at radius 2 is 1.93 bits per heavy atom. The van der Waals surface area contributed by atoms with Crippen molar-refractivity contribution in [3.8, 4) is 5.75 Å². The van der Waals surface area contributed by atoms with E-state index in [2.05, 4.69) is 10.3 Å². The smallest absolute Gasteiger partial charge is 0.332 e.